The van der Waals surface area contributed by atoms with Gasteiger partial charge in [-0.1, -0.05) is 19.9 Å². The highest BCUT2D eigenvalue weighted by molar-refractivity contribution is 7.90. The molecule has 0 N–H and O–H groups in total. The van der Waals surface area contributed by atoms with Gasteiger partial charge in [0.1, 0.15) is 10.6 Å². The number of rotatable bonds is 3. The fourth-order valence-corrected chi connectivity index (χ4v) is 3.42. The third-order valence-electron chi connectivity index (χ3n) is 3.58. The Morgan fingerprint density at radius 1 is 1.35 bits per heavy atom. The van der Waals surface area contributed by atoms with E-state index in [1.165, 1.54) is 6.07 Å². The molecule has 1 heterocycles. The summed E-state index contributed by atoms with van der Waals surface area (Å²) in [5.41, 5.74) is 0.158. The molecule has 0 atom stereocenters. The highest BCUT2D eigenvalue weighted by Gasteiger charge is 2.35. The van der Waals surface area contributed by atoms with Gasteiger partial charge in [0.2, 0.25) is 0 Å². The molecule has 0 spiro atoms. The molecule has 1 aromatic rings. The monoisotopic (exact) mass is 298 g/mol. The first-order valence-corrected chi connectivity index (χ1v) is 8.23. The minimum absolute atomic E-state index is 0.0783. The maximum absolute atomic E-state index is 11.7. The molecule has 0 bridgehead atoms. The Kier molecular flexibility index (Phi) is 3.49. The summed E-state index contributed by atoms with van der Waals surface area (Å²) in [5.74, 6) is 0. The molecule has 0 radical (unpaired) electrons. The number of hydrogen-bond acceptors (Lipinski definition) is 5. The third kappa shape index (κ3) is 2.77. The van der Waals surface area contributed by atoms with Gasteiger partial charge >= 0.3 is 5.69 Å². The number of nitrogens with zero attached hydrogens (tertiary/aromatic N) is 2. The van der Waals surface area contributed by atoms with Gasteiger partial charge in [-0.05, 0) is 24.0 Å². The summed E-state index contributed by atoms with van der Waals surface area (Å²) in [7, 11) is -3.63. The molecule has 0 unspecified atom stereocenters. The largest absolute Gasteiger partial charge is 0.365 e. The molecule has 0 saturated carbocycles. The van der Waals surface area contributed by atoms with Crippen LogP contribution in [0.4, 0.5) is 11.4 Å². The Balaban J connectivity index is 2.58. The van der Waals surface area contributed by atoms with E-state index in [1.54, 1.807) is 12.1 Å². The lowest BCUT2D eigenvalue weighted by Crippen LogP contribution is -2.24. The van der Waals surface area contributed by atoms with Crippen molar-refractivity contribution in [2.75, 3.05) is 24.2 Å². The van der Waals surface area contributed by atoms with Crippen LogP contribution in [0.1, 0.15) is 20.3 Å². The summed E-state index contributed by atoms with van der Waals surface area (Å²) in [4.78, 5) is 12.4. The predicted molar refractivity (Wildman–Crippen MR) is 76.8 cm³/mol. The third-order valence-corrected chi connectivity index (χ3v) is 4.71. The van der Waals surface area contributed by atoms with Crippen molar-refractivity contribution in [1.82, 2.24) is 0 Å². The zero-order chi connectivity index (χ0) is 15.1. The quantitative estimate of drug-likeness (QED) is 0.631. The van der Waals surface area contributed by atoms with Crippen LogP contribution in [0, 0.1) is 15.5 Å². The van der Waals surface area contributed by atoms with Crippen LogP contribution in [0.2, 0.25) is 0 Å². The molecule has 1 saturated heterocycles. The Morgan fingerprint density at radius 3 is 2.45 bits per heavy atom. The molecule has 6 nitrogen and oxygen atoms in total. The van der Waals surface area contributed by atoms with Gasteiger partial charge in [-0.2, -0.15) is 0 Å². The van der Waals surface area contributed by atoms with Gasteiger partial charge in [-0.25, -0.2) is 8.42 Å². The van der Waals surface area contributed by atoms with Crippen LogP contribution in [0.15, 0.2) is 23.1 Å². The Hall–Kier alpha value is -1.63. The van der Waals surface area contributed by atoms with Crippen LogP contribution < -0.4 is 4.90 Å². The van der Waals surface area contributed by atoms with Gasteiger partial charge < -0.3 is 4.90 Å². The van der Waals surface area contributed by atoms with Gasteiger partial charge in [0.25, 0.3) is 0 Å². The molecule has 2 rings (SSSR count). The summed E-state index contributed by atoms with van der Waals surface area (Å²) in [5, 5.41) is 11.3. The van der Waals surface area contributed by atoms with Crippen molar-refractivity contribution < 1.29 is 13.3 Å². The summed E-state index contributed by atoms with van der Waals surface area (Å²) in [6.07, 6.45) is 1.92. The van der Waals surface area contributed by atoms with E-state index >= 15 is 0 Å². The molecule has 1 aliphatic heterocycles. The number of benzene rings is 1. The average molecular weight is 298 g/mol. The molecule has 0 aliphatic carbocycles. The fourth-order valence-electron chi connectivity index (χ4n) is 2.57. The SMILES string of the molecule is CC1(C)CCN(c2cccc(S(C)(=O)=O)c2[N+](=O)[O-])C1. The molecular formula is C13H18N2O4S. The minimum Gasteiger partial charge on any atom is -0.365 e. The molecule has 0 amide bonds. The van der Waals surface area contributed by atoms with Crippen LogP contribution in [-0.2, 0) is 9.84 Å². The first-order valence-electron chi connectivity index (χ1n) is 6.34. The lowest BCUT2D eigenvalue weighted by atomic mass is 9.93. The normalized spacial score (nSPS) is 18.2. The molecule has 7 heteroatoms. The lowest BCUT2D eigenvalue weighted by Gasteiger charge is -2.22. The lowest BCUT2D eigenvalue weighted by molar-refractivity contribution is -0.387. The second kappa shape index (κ2) is 4.73. The first-order chi connectivity index (χ1) is 9.12. The Bertz CT molecular complexity index is 652. The fraction of sp³-hybridized carbons (Fsp3) is 0.538. The maximum atomic E-state index is 11.7. The topological polar surface area (TPSA) is 80.5 Å². The van der Waals surface area contributed by atoms with Crippen LogP contribution in [0.3, 0.4) is 0 Å². The number of sulfone groups is 1. The van der Waals surface area contributed by atoms with Crippen LogP contribution >= 0.6 is 0 Å². The van der Waals surface area contributed by atoms with E-state index in [9.17, 15) is 18.5 Å². The molecular weight excluding hydrogens is 280 g/mol. The van der Waals surface area contributed by atoms with E-state index in [0.717, 1.165) is 12.7 Å². The molecule has 20 heavy (non-hydrogen) atoms. The summed E-state index contributed by atoms with van der Waals surface area (Å²) < 4.78 is 23.5. The van der Waals surface area contributed by atoms with Crippen molar-refractivity contribution in [3.8, 4) is 0 Å². The average Bonchev–Trinajstić information content (AvgIpc) is 2.67. The van der Waals surface area contributed by atoms with Gasteiger partial charge in [0.05, 0.1) is 4.92 Å². The zero-order valence-corrected chi connectivity index (χ0v) is 12.6. The standard InChI is InChI=1S/C13H18N2O4S/c1-13(2)7-8-14(9-13)10-5-4-6-11(20(3,18)19)12(10)15(16)17/h4-6H,7-9H2,1-3H3. The molecule has 110 valence electrons. The molecule has 0 aromatic heterocycles. The van der Waals surface area contributed by atoms with Crippen LogP contribution in [0.5, 0.6) is 0 Å². The van der Waals surface area contributed by atoms with Crippen LogP contribution in [0.25, 0.3) is 0 Å². The summed E-state index contributed by atoms with van der Waals surface area (Å²) in [6, 6.07) is 4.47. The van der Waals surface area contributed by atoms with E-state index in [2.05, 4.69) is 13.8 Å². The molecule has 1 fully saturated rings. The number of hydrogen-bond donors (Lipinski definition) is 0. The number of nitro groups is 1. The maximum Gasteiger partial charge on any atom is 0.311 e. The summed E-state index contributed by atoms with van der Waals surface area (Å²) in [6.45, 7) is 5.57. The number of nitro benzene ring substituents is 1. The van der Waals surface area contributed by atoms with Gasteiger partial charge in [0.15, 0.2) is 9.84 Å². The van der Waals surface area contributed by atoms with E-state index < -0.39 is 14.8 Å². The van der Waals surface area contributed by atoms with Crippen molar-refractivity contribution >= 4 is 21.2 Å². The zero-order valence-electron chi connectivity index (χ0n) is 11.8. The molecule has 1 aliphatic rings. The van der Waals surface area contributed by atoms with Crippen molar-refractivity contribution in [2.45, 2.75) is 25.2 Å². The van der Waals surface area contributed by atoms with Crippen molar-refractivity contribution in [3.05, 3.63) is 28.3 Å². The first kappa shape index (κ1) is 14.8. The van der Waals surface area contributed by atoms with Crippen molar-refractivity contribution in [3.63, 3.8) is 0 Å². The van der Waals surface area contributed by atoms with Gasteiger partial charge in [-0.15, -0.1) is 0 Å². The highest BCUT2D eigenvalue weighted by Crippen LogP contribution is 2.39. The molecule has 1 aromatic carbocycles. The van der Waals surface area contributed by atoms with Crippen LogP contribution in [-0.4, -0.2) is 32.7 Å². The van der Waals surface area contributed by atoms with Gasteiger partial charge in [-0.3, -0.25) is 10.1 Å². The van der Waals surface area contributed by atoms with Crippen molar-refractivity contribution in [2.24, 2.45) is 5.41 Å². The highest BCUT2D eigenvalue weighted by atomic mass is 32.2. The number of anilines is 1. The smallest absolute Gasteiger partial charge is 0.311 e. The minimum atomic E-state index is -3.63. The van der Waals surface area contributed by atoms with E-state index in [1.807, 2.05) is 4.90 Å². The second-order valence-corrected chi connectivity index (χ2v) is 7.97. The second-order valence-electron chi connectivity index (χ2n) is 5.99. The Morgan fingerprint density at radius 2 is 2.00 bits per heavy atom. The predicted octanol–water partition coefficient (Wildman–Crippen LogP) is 2.23. The van der Waals surface area contributed by atoms with Crippen molar-refractivity contribution in [1.29, 1.82) is 0 Å². The Labute approximate surface area is 118 Å². The van der Waals surface area contributed by atoms with E-state index in [4.69, 9.17) is 0 Å². The van der Waals surface area contributed by atoms with Gasteiger partial charge in [0, 0.05) is 19.3 Å². The van der Waals surface area contributed by atoms with E-state index in [0.29, 0.717) is 18.8 Å². The summed E-state index contributed by atoms with van der Waals surface area (Å²) >= 11 is 0. The van der Waals surface area contributed by atoms with E-state index in [-0.39, 0.29) is 16.0 Å². The number of para-hydroxylation sites is 1.